The van der Waals surface area contributed by atoms with Crippen LogP contribution in [0.25, 0.3) is 11.2 Å². The molecular formula is C36H44F3N7O8. The molecule has 0 bridgehead atoms. The number of hydrogen-bond donors (Lipinski definition) is 6. The van der Waals surface area contributed by atoms with Gasteiger partial charge in [-0.15, -0.1) is 0 Å². The molecule has 15 nitrogen and oxygen atoms in total. The number of carboxylic acid groups (broad SMARTS) is 1. The second-order valence-corrected chi connectivity index (χ2v) is 13.9. The number of hydrogen-bond acceptors (Lipinski definition) is 12. The molecule has 2 aliphatic rings. The Morgan fingerprint density at radius 2 is 1.61 bits per heavy atom. The summed E-state index contributed by atoms with van der Waals surface area (Å²) >= 11 is 0. The number of aromatic nitrogens is 4. The highest BCUT2D eigenvalue weighted by Gasteiger charge is 2.44. The van der Waals surface area contributed by atoms with Crippen LogP contribution in [-0.2, 0) is 14.3 Å². The van der Waals surface area contributed by atoms with E-state index in [2.05, 4.69) is 39.9 Å². The quantitative estimate of drug-likeness (QED) is 0.144. The number of carbonyl (C=O) groups excluding carboxylic acids is 1. The van der Waals surface area contributed by atoms with Crippen molar-refractivity contribution in [3.05, 3.63) is 78.1 Å². The molecule has 54 heavy (non-hydrogen) atoms. The van der Waals surface area contributed by atoms with Gasteiger partial charge in [0.05, 0.1) is 12.9 Å². The Hall–Kier alpha value is -5.04. The number of imidazole rings is 1. The van der Waals surface area contributed by atoms with Gasteiger partial charge >= 0.3 is 18.2 Å². The number of rotatable bonds is 9. The van der Waals surface area contributed by atoms with Crippen molar-refractivity contribution in [2.24, 2.45) is 0 Å². The number of benzene rings is 2. The van der Waals surface area contributed by atoms with Gasteiger partial charge < -0.3 is 45.4 Å². The molecule has 6 N–H and O–H groups in total. The van der Waals surface area contributed by atoms with Crippen LogP contribution < -0.4 is 15.5 Å². The van der Waals surface area contributed by atoms with E-state index in [1.54, 1.807) is 4.57 Å². The molecule has 6 rings (SSSR count). The van der Waals surface area contributed by atoms with Gasteiger partial charge in [-0.05, 0) is 44.7 Å². The lowest BCUT2D eigenvalue weighted by atomic mass is 9.91. The normalized spacial score (nSPS) is 21.7. The van der Waals surface area contributed by atoms with Crippen molar-refractivity contribution in [3.63, 3.8) is 0 Å². The van der Waals surface area contributed by atoms with E-state index in [4.69, 9.17) is 29.3 Å². The number of halogens is 3. The number of alkyl carbamates (subject to hydrolysis) is 1. The molecule has 0 unspecified atom stereocenters. The SMILES string of the molecule is CC(C)(C)OC(=O)N[C@@H]1CCCN(c2nc(NCC(c3ccccc3)c3ccccc3)c3ncn([C@@H]4O[C@H](CO)[C@@H](O)[C@H]4O)c3n2)C1.O=C(O)C(F)(F)F. The number of fused-ring (bicyclic) bond motifs is 1. The second kappa shape index (κ2) is 17.0. The number of aliphatic carboxylic acids is 1. The van der Waals surface area contributed by atoms with Crippen LogP contribution in [-0.4, -0.2) is 114 Å². The van der Waals surface area contributed by atoms with Crippen LogP contribution in [0.2, 0.25) is 0 Å². The Balaban J connectivity index is 0.000000730. The topological polar surface area (TPSA) is 204 Å². The molecule has 0 saturated carbocycles. The molecular weight excluding hydrogens is 715 g/mol. The van der Waals surface area contributed by atoms with Crippen LogP contribution in [0.5, 0.6) is 0 Å². The average molecular weight is 760 g/mol. The summed E-state index contributed by atoms with van der Waals surface area (Å²) in [6.45, 7) is 6.66. The zero-order chi connectivity index (χ0) is 39.2. The number of aliphatic hydroxyl groups excluding tert-OH is 3. The van der Waals surface area contributed by atoms with Crippen LogP contribution in [0.1, 0.15) is 56.9 Å². The number of carbonyl (C=O) groups is 2. The molecule has 0 aliphatic carbocycles. The van der Waals surface area contributed by atoms with Gasteiger partial charge in [0.15, 0.2) is 23.2 Å². The zero-order valence-corrected chi connectivity index (χ0v) is 29.8. The van der Waals surface area contributed by atoms with Gasteiger partial charge in [0.25, 0.3) is 0 Å². The number of nitrogens with zero attached hydrogens (tertiary/aromatic N) is 5. The number of aliphatic hydroxyl groups is 3. The van der Waals surface area contributed by atoms with Crippen molar-refractivity contribution < 1.29 is 52.7 Å². The maximum absolute atomic E-state index is 12.6. The van der Waals surface area contributed by atoms with E-state index in [-0.39, 0.29) is 12.0 Å². The van der Waals surface area contributed by atoms with Gasteiger partial charge in [-0.1, -0.05) is 60.7 Å². The highest BCUT2D eigenvalue weighted by atomic mass is 19.4. The fourth-order valence-corrected chi connectivity index (χ4v) is 6.21. The van der Waals surface area contributed by atoms with E-state index < -0.39 is 55.0 Å². The summed E-state index contributed by atoms with van der Waals surface area (Å²) < 4.78 is 44.6. The molecule has 292 valence electrons. The molecule has 2 aliphatic heterocycles. The van der Waals surface area contributed by atoms with E-state index in [0.717, 1.165) is 24.0 Å². The number of ether oxygens (including phenoxy) is 2. The van der Waals surface area contributed by atoms with Crippen molar-refractivity contribution in [2.75, 3.05) is 36.5 Å². The van der Waals surface area contributed by atoms with E-state index in [1.807, 2.05) is 62.1 Å². The maximum atomic E-state index is 12.6. The lowest BCUT2D eigenvalue weighted by Gasteiger charge is -2.33. The molecule has 2 aromatic heterocycles. The van der Waals surface area contributed by atoms with Gasteiger partial charge in [0.1, 0.15) is 23.9 Å². The first kappa shape index (κ1) is 40.2. The Morgan fingerprint density at radius 1 is 1.00 bits per heavy atom. The average Bonchev–Trinajstić information content (AvgIpc) is 3.67. The van der Waals surface area contributed by atoms with Gasteiger partial charge in [0.2, 0.25) is 5.95 Å². The monoisotopic (exact) mass is 759 g/mol. The number of amides is 1. The molecule has 2 aromatic carbocycles. The van der Waals surface area contributed by atoms with Gasteiger partial charge in [0, 0.05) is 31.6 Å². The van der Waals surface area contributed by atoms with E-state index in [9.17, 15) is 33.3 Å². The third kappa shape index (κ3) is 9.93. The predicted octanol–water partition coefficient (Wildman–Crippen LogP) is 3.81. The fraction of sp³-hybridized carbons (Fsp3) is 0.472. The molecule has 2 fully saturated rings. The lowest BCUT2D eigenvalue weighted by Crippen LogP contribution is -2.49. The smallest absolute Gasteiger partial charge is 0.475 e. The summed E-state index contributed by atoms with van der Waals surface area (Å²) in [4.78, 5) is 37.9. The highest BCUT2D eigenvalue weighted by Crippen LogP contribution is 2.34. The Bertz CT molecular complexity index is 1820. The number of carboxylic acids is 1. The Labute approximate surface area is 308 Å². The largest absolute Gasteiger partial charge is 0.490 e. The summed E-state index contributed by atoms with van der Waals surface area (Å²) in [7, 11) is 0. The zero-order valence-electron chi connectivity index (χ0n) is 29.8. The predicted molar refractivity (Wildman–Crippen MR) is 190 cm³/mol. The van der Waals surface area contributed by atoms with Crippen LogP contribution in [0, 0.1) is 0 Å². The lowest BCUT2D eigenvalue weighted by molar-refractivity contribution is -0.192. The minimum atomic E-state index is -5.08. The van der Waals surface area contributed by atoms with Crippen molar-refractivity contribution in [3.8, 4) is 0 Å². The first-order chi connectivity index (χ1) is 25.6. The third-order valence-electron chi connectivity index (χ3n) is 8.75. The summed E-state index contributed by atoms with van der Waals surface area (Å²) in [6, 6.07) is 20.3. The summed E-state index contributed by atoms with van der Waals surface area (Å²) in [5.74, 6) is -1.84. The van der Waals surface area contributed by atoms with Crippen molar-refractivity contribution in [1.82, 2.24) is 24.8 Å². The van der Waals surface area contributed by atoms with Crippen LogP contribution in [0.15, 0.2) is 67.0 Å². The molecule has 0 spiro atoms. The molecule has 18 heteroatoms. The number of alkyl halides is 3. The fourth-order valence-electron chi connectivity index (χ4n) is 6.21. The standard InChI is InChI=1S/C34H43N7O6.C2HF3O2/c1-34(2,3)47-33(45)37-23-15-10-16-40(18-23)32-38-29(35-17-24(21-11-6-4-7-12-21)22-13-8-5-9-14-22)26-30(39-32)41(20-36-26)31-28(44)27(43)25(19-42)46-31;3-2(4,5)1(6)7/h4-9,11-14,20,23-25,27-28,31,42-44H,10,15-19H2,1-3H3,(H,37,45)(H,35,38,39);(H,6,7)/t23-,25-,27-,28-,31-;/m1./s1. The molecule has 4 heterocycles. The second-order valence-electron chi connectivity index (χ2n) is 13.9. The Kier molecular flexibility index (Phi) is 12.6. The minimum Gasteiger partial charge on any atom is -0.475 e. The molecule has 0 radical (unpaired) electrons. The third-order valence-corrected chi connectivity index (χ3v) is 8.75. The van der Waals surface area contributed by atoms with E-state index in [0.29, 0.717) is 42.6 Å². The first-order valence-electron chi connectivity index (χ1n) is 17.3. The highest BCUT2D eigenvalue weighted by molar-refractivity contribution is 5.84. The molecule has 2 saturated heterocycles. The van der Waals surface area contributed by atoms with Crippen LogP contribution >= 0.6 is 0 Å². The minimum absolute atomic E-state index is 0.00536. The molecule has 4 aromatic rings. The molecule has 5 atom stereocenters. The molecule has 1 amide bonds. The van der Waals surface area contributed by atoms with Gasteiger partial charge in [-0.3, -0.25) is 4.57 Å². The van der Waals surface area contributed by atoms with Crippen molar-refractivity contribution in [1.29, 1.82) is 0 Å². The maximum Gasteiger partial charge on any atom is 0.490 e. The van der Waals surface area contributed by atoms with E-state index >= 15 is 0 Å². The summed E-state index contributed by atoms with van der Waals surface area (Å²) in [5.41, 5.74) is 2.53. The van der Waals surface area contributed by atoms with E-state index in [1.165, 1.54) is 6.33 Å². The number of piperidine rings is 1. The van der Waals surface area contributed by atoms with Crippen LogP contribution in [0.3, 0.4) is 0 Å². The van der Waals surface area contributed by atoms with Gasteiger partial charge in [-0.2, -0.15) is 23.1 Å². The summed E-state index contributed by atoms with van der Waals surface area (Å²) in [5, 5.41) is 44.7. The number of anilines is 2. The van der Waals surface area contributed by atoms with Crippen LogP contribution in [0.4, 0.5) is 29.7 Å². The van der Waals surface area contributed by atoms with Gasteiger partial charge in [-0.25, -0.2) is 14.6 Å². The van der Waals surface area contributed by atoms with Crippen molar-refractivity contribution >= 4 is 35.0 Å². The number of nitrogens with one attached hydrogen (secondary N) is 2. The Morgan fingerprint density at radius 3 is 2.15 bits per heavy atom. The first-order valence-corrected chi connectivity index (χ1v) is 17.3. The summed E-state index contributed by atoms with van der Waals surface area (Å²) in [6.07, 6.45) is -7.04. The van der Waals surface area contributed by atoms with Crippen molar-refractivity contribution in [2.45, 2.75) is 81.9 Å².